The molecule has 1 heterocycles. The average molecular weight is 495 g/mol. The van der Waals surface area contributed by atoms with Crippen LogP contribution in [0.25, 0.3) is 0 Å². The lowest BCUT2D eigenvalue weighted by Gasteiger charge is -2.07. The van der Waals surface area contributed by atoms with Gasteiger partial charge in [-0.25, -0.2) is 12.4 Å². The third kappa shape index (κ3) is 5.30. The summed E-state index contributed by atoms with van der Waals surface area (Å²) in [4.78, 5) is 21.7. The molecule has 10 nitrogen and oxygen atoms in total. The number of carbonyl (C=O) groups excluding carboxylic acids is 2. The van der Waals surface area contributed by atoms with Crippen molar-refractivity contribution >= 4 is 54.6 Å². The first kappa shape index (κ1) is 23.4. The summed E-state index contributed by atoms with van der Waals surface area (Å²) in [5.41, 5.74) is 0.829. The molecule has 3 aromatic rings. The molecule has 1 aromatic heterocycles. The summed E-state index contributed by atoms with van der Waals surface area (Å²) in [5, 5.41) is 6.46. The number of thiazole rings is 1. The van der Waals surface area contributed by atoms with E-state index < -0.39 is 20.0 Å². The second kappa shape index (κ2) is 9.06. The van der Waals surface area contributed by atoms with Crippen LogP contribution >= 0.6 is 11.3 Å². The smallest absolute Gasteiger partial charge is 0.285 e. The molecule has 32 heavy (non-hydrogen) atoms. The van der Waals surface area contributed by atoms with Crippen molar-refractivity contribution in [1.82, 2.24) is 3.97 Å². The highest BCUT2D eigenvalue weighted by Crippen LogP contribution is 2.18. The molecule has 0 aliphatic heterocycles. The SMILES string of the molecule is CC(=O)Nc1ccc(S(=O)(=O)N=c2sccn2S(=O)(=O)c2ccc(NC(C)=O)cc2)cc1. The lowest BCUT2D eigenvalue weighted by molar-refractivity contribution is -0.115. The molecule has 2 amide bonds. The second-order valence-electron chi connectivity index (χ2n) is 6.46. The Morgan fingerprint density at radius 2 is 1.28 bits per heavy atom. The van der Waals surface area contributed by atoms with Gasteiger partial charge in [-0.15, -0.1) is 15.7 Å². The van der Waals surface area contributed by atoms with Crippen LogP contribution in [0.3, 0.4) is 0 Å². The van der Waals surface area contributed by atoms with E-state index in [0.29, 0.717) is 11.4 Å². The van der Waals surface area contributed by atoms with Crippen LogP contribution in [0.4, 0.5) is 11.4 Å². The Bertz CT molecular complexity index is 1440. The lowest BCUT2D eigenvalue weighted by Crippen LogP contribution is -2.24. The van der Waals surface area contributed by atoms with Gasteiger partial charge in [0.2, 0.25) is 16.6 Å². The fourth-order valence-corrected chi connectivity index (χ4v) is 6.14. The van der Waals surface area contributed by atoms with E-state index in [1.165, 1.54) is 74.0 Å². The molecule has 0 unspecified atom stereocenters. The molecule has 0 saturated carbocycles. The summed E-state index contributed by atoms with van der Waals surface area (Å²) >= 11 is 0.840. The fourth-order valence-electron chi connectivity index (χ4n) is 2.60. The van der Waals surface area contributed by atoms with Crippen molar-refractivity contribution in [3.63, 3.8) is 0 Å². The van der Waals surface area contributed by atoms with Gasteiger partial charge in [0.05, 0.1) is 9.79 Å². The molecule has 3 rings (SSSR count). The number of nitrogens with zero attached hydrogens (tertiary/aromatic N) is 2. The Kier molecular flexibility index (Phi) is 6.62. The third-order valence-corrected chi connectivity index (χ3v) is 7.91. The molecule has 2 N–H and O–H groups in total. The highest BCUT2D eigenvalue weighted by Gasteiger charge is 2.20. The first-order valence-corrected chi connectivity index (χ1v) is 12.7. The zero-order chi connectivity index (χ0) is 23.5. The van der Waals surface area contributed by atoms with Gasteiger partial charge in [0.15, 0.2) is 0 Å². The molecular formula is C19H18N4O6S3. The number of amides is 2. The first-order valence-electron chi connectivity index (χ1n) is 8.97. The van der Waals surface area contributed by atoms with E-state index in [0.717, 1.165) is 15.3 Å². The molecule has 0 fully saturated rings. The molecule has 0 radical (unpaired) electrons. The molecule has 0 aliphatic rings. The minimum absolute atomic E-state index is 0.108. The molecule has 2 aromatic carbocycles. The average Bonchev–Trinajstić information content (AvgIpc) is 3.16. The normalized spacial score (nSPS) is 12.4. The topological polar surface area (TPSA) is 144 Å². The molecule has 0 saturated heterocycles. The van der Waals surface area contributed by atoms with Crippen molar-refractivity contribution in [2.45, 2.75) is 23.6 Å². The highest BCUT2D eigenvalue weighted by atomic mass is 32.2. The van der Waals surface area contributed by atoms with E-state index in [2.05, 4.69) is 15.0 Å². The number of benzene rings is 2. The number of anilines is 2. The summed E-state index contributed by atoms with van der Waals surface area (Å²) in [6.07, 6.45) is 1.20. The van der Waals surface area contributed by atoms with Gasteiger partial charge in [0.1, 0.15) is 0 Å². The highest BCUT2D eigenvalue weighted by molar-refractivity contribution is 7.90. The van der Waals surface area contributed by atoms with Crippen LogP contribution < -0.4 is 15.4 Å². The molecule has 168 valence electrons. The Hall–Kier alpha value is -3.29. The van der Waals surface area contributed by atoms with E-state index in [9.17, 15) is 26.4 Å². The van der Waals surface area contributed by atoms with Crippen molar-refractivity contribution in [3.05, 3.63) is 64.9 Å². The quantitative estimate of drug-likeness (QED) is 0.536. The standard InChI is InChI=1S/C19H18N4O6S3/c1-13(24)20-15-3-7-17(8-4-15)31(26,27)22-19-23(11-12-30-19)32(28,29)18-9-5-16(6-10-18)21-14(2)25/h3-12H,1-2H3,(H,20,24)(H,21,25). The monoisotopic (exact) mass is 494 g/mol. The van der Waals surface area contributed by atoms with Gasteiger partial charge < -0.3 is 10.6 Å². The van der Waals surface area contributed by atoms with Crippen LogP contribution in [-0.4, -0.2) is 32.6 Å². The Balaban J connectivity index is 1.97. The van der Waals surface area contributed by atoms with Crippen molar-refractivity contribution in [2.75, 3.05) is 10.6 Å². The zero-order valence-corrected chi connectivity index (χ0v) is 19.3. The van der Waals surface area contributed by atoms with Crippen LogP contribution in [0.15, 0.2) is 74.3 Å². The van der Waals surface area contributed by atoms with Gasteiger partial charge in [-0.05, 0) is 48.5 Å². The van der Waals surface area contributed by atoms with Crippen molar-refractivity contribution in [2.24, 2.45) is 4.40 Å². The molecule has 0 aliphatic carbocycles. The Morgan fingerprint density at radius 3 is 1.75 bits per heavy atom. The number of sulfonamides is 1. The first-order chi connectivity index (χ1) is 15.0. The van der Waals surface area contributed by atoms with Crippen LogP contribution in [0.5, 0.6) is 0 Å². The summed E-state index contributed by atoms with van der Waals surface area (Å²) < 4.78 is 55.9. The van der Waals surface area contributed by atoms with Crippen molar-refractivity contribution in [3.8, 4) is 0 Å². The van der Waals surface area contributed by atoms with Gasteiger partial charge in [-0.3, -0.25) is 9.59 Å². The predicted molar refractivity (Wildman–Crippen MR) is 119 cm³/mol. The van der Waals surface area contributed by atoms with Crippen LogP contribution in [0.1, 0.15) is 13.8 Å². The minimum Gasteiger partial charge on any atom is -0.326 e. The molecule has 13 heteroatoms. The summed E-state index contributed by atoms with van der Waals surface area (Å²) in [6.45, 7) is 2.65. The van der Waals surface area contributed by atoms with Gasteiger partial charge in [-0.2, -0.15) is 8.42 Å². The maximum Gasteiger partial charge on any atom is 0.285 e. The Morgan fingerprint density at radius 1 is 0.812 bits per heavy atom. The lowest BCUT2D eigenvalue weighted by atomic mass is 10.3. The van der Waals surface area contributed by atoms with E-state index in [1.54, 1.807) is 0 Å². The summed E-state index contributed by atoms with van der Waals surface area (Å²) in [7, 11) is -8.36. The van der Waals surface area contributed by atoms with E-state index in [-0.39, 0.29) is 26.4 Å². The maximum absolute atomic E-state index is 13.0. The van der Waals surface area contributed by atoms with Crippen LogP contribution in [0.2, 0.25) is 0 Å². The minimum atomic E-state index is -4.22. The predicted octanol–water partition coefficient (Wildman–Crippen LogP) is 1.99. The molecular weight excluding hydrogens is 476 g/mol. The summed E-state index contributed by atoms with van der Waals surface area (Å²) in [5.74, 6) is -0.607. The van der Waals surface area contributed by atoms with Gasteiger partial charge in [0, 0.05) is 36.8 Å². The van der Waals surface area contributed by atoms with Crippen molar-refractivity contribution < 1.29 is 26.4 Å². The van der Waals surface area contributed by atoms with Gasteiger partial charge in [0.25, 0.3) is 20.0 Å². The van der Waals surface area contributed by atoms with E-state index in [4.69, 9.17) is 0 Å². The molecule has 0 spiro atoms. The van der Waals surface area contributed by atoms with Gasteiger partial charge >= 0.3 is 0 Å². The maximum atomic E-state index is 13.0. The number of hydrogen-bond donors (Lipinski definition) is 2. The molecule has 0 atom stereocenters. The van der Waals surface area contributed by atoms with Crippen molar-refractivity contribution in [1.29, 1.82) is 0 Å². The van der Waals surface area contributed by atoms with Gasteiger partial charge in [-0.1, -0.05) is 0 Å². The number of carbonyl (C=O) groups is 2. The fraction of sp³-hybridized carbons (Fsp3) is 0.105. The summed E-state index contributed by atoms with van der Waals surface area (Å²) in [6, 6.07) is 10.8. The Labute approximate surface area is 188 Å². The third-order valence-electron chi connectivity index (χ3n) is 3.96. The number of aromatic nitrogens is 1. The van der Waals surface area contributed by atoms with E-state index in [1.807, 2.05) is 0 Å². The number of hydrogen-bond acceptors (Lipinski definition) is 7. The largest absolute Gasteiger partial charge is 0.326 e. The zero-order valence-electron chi connectivity index (χ0n) is 16.8. The van der Waals surface area contributed by atoms with Crippen LogP contribution in [0, 0.1) is 0 Å². The molecule has 0 bridgehead atoms. The number of nitrogens with one attached hydrogen (secondary N) is 2. The van der Waals surface area contributed by atoms with E-state index >= 15 is 0 Å². The number of rotatable bonds is 6. The van der Waals surface area contributed by atoms with Crippen LogP contribution in [-0.2, 0) is 29.6 Å². The second-order valence-corrected chi connectivity index (χ2v) is 10.8.